The topological polar surface area (TPSA) is 118 Å². The number of carbonyl (C=O) groups is 1. The highest BCUT2D eigenvalue weighted by Crippen LogP contribution is 2.25. The molecule has 1 aliphatic heterocycles. The van der Waals surface area contributed by atoms with E-state index < -0.39 is 0 Å². The summed E-state index contributed by atoms with van der Waals surface area (Å²) in [6.07, 6.45) is 9.71. The molecule has 2 aromatic heterocycles. The monoisotopic (exact) mass is 439 g/mol. The van der Waals surface area contributed by atoms with E-state index in [1.165, 1.54) is 20.0 Å². The van der Waals surface area contributed by atoms with E-state index in [0.29, 0.717) is 49.1 Å². The molecule has 3 N–H and O–H groups in total. The highest BCUT2D eigenvalue weighted by atomic mass is 16.6. The van der Waals surface area contributed by atoms with Gasteiger partial charge in [0, 0.05) is 38.4 Å². The Morgan fingerprint density at radius 3 is 2.66 bits per heavy atom. The molecule has 1 saturated carbocycles. The third-order valence-corrected chi connectivity index (χ3v) is 5.77. The Morgan fingerprint density at radius 1 is 1.19 bits per heavy atom. The van der Waals surface area contributed by atoms with Crippen LogP contribution in [0.1, 0.15) is 31.2 Å². The lowest BCUT2D eigenvalue weighted by Crippen LogP contribution is -2.50. The number of oxime groups is 1. The summed E-state index contributed by atoms with van der Waals surface area (Å²) in [5.41, 5.74) is 8.29. The van der Waals surface area contributed by atoms with Crippen LogP contribution in [0, 0.1) is 0 Å². The number of rotatable bonds is 6. The van der Waals surface area contributed by atoms with E-state index in [0.717, 1.165) is 18.5 Å². The van der Waals surface area contributed by atoms with Gasteiger partial charge in [0.25, 0.3) is 0 Å². The first kappa shape index (κ1) is 21.7. The average Bonchev–Trinajstić information content (AvgIpc) is 3.32. The van der Waals surface area contributed by atoms with Crippen molar-refractivity contribution in [3.8, 4) is 5.88 Å². The molecule has 32 heavy (non-hydrogen) atoms. The van der Waals surface area contributed by atoms with Gasteiger partial charge in [0.1, 0.15) is 19.0 Å². The fraction of sp³-hybridized carbons (Fsp3) is 0.455. The molecule has 0 spiro atoms. The molecule has 0 unspecified atom stereocenters. The number of nitrogens with zero attached hydrogens (tertiary/aromatic N) is 5. The molecule has 170 valence electrons. The van der Waals surface area contributed by atoms with E-state index in [1.807, 2.05) is 18.2 Å². The molecule has 2 aliphatic rings. The summed E-state index contributed by atoms with van der Waals surface area (Å²) in [4.78, 5) is 29.9. The minimum Gasteiger partial charge on any atom is -0.474 e. The molecule has 10 nitrogen and oxygen atoms in total. The number of aromatic nitrogens is 2. The first-order chi connectivity index (χ1) is 15.6. The molecular weight excluding hydrogens is 410 g/mol. The number of urea groups is 1. The van der Waals surface area contributed by atoms with E-state index in [-0.39, 0.29) is 12.1 Å². The van der Waals surface area contributed by atoms with Crippen LogP contribution >= 0.6 is 0 Å². The van der Waals surface area contributed by atoms with E-state index in [1.54, 1.807) is 23.5 Å². The quantitative estimate of drug-likeness (QED) is 0.525. The van der Waals surface area contributed by atoms with Crippen LogP contribution in [0.15, 0.2) is 35.7 Å². The van der Waals surface area contributed by atoms with Crippen molar-refractivity contribution in [2.24, 2.45) is 5.16 Å². The Morgan fingerprint density at radius 2 is 1.97 bits per heavy atom. The lowest BCUT2D eigenvalue weighted by Gasteiger charge is -2.36. The number of amides is 2. The predicted molar refractivity (Wildman–Crippen MR) is 123 cm³/mol. The average molecular weight is 440 g/mol. The van der Waals surface area contributed by atoms with Crippen LogP contribution in [0.4, 0.5) is 22.0 Å². The number of anilines is 3. The number of nitrogen functional groups attached to an aromatic ring is 1. The van der Waals surface area contributed by atoms with Crippen LogP contribution in [0.25, 0.3) is 0 Å². The zero-order valence-electron chi connectivity index (χ0n) is 18.2. The summed E-state index contributed by atoms with van der Waals surface area (Å²) in [5, 5.41) is 6.74. The first-order valence-electron chi connectivity index (χ1n) is 10.9. The van der Waals surface area contributed by atoms with Crippen molar-refractivity contribution in [1.29, 1.82) is 0 Å². The summed E-state index contributed by atoms with van der Waals surface area (Å²) in [5.74, 6) is 0.990. The number of hydrogen-bond donors (Lipinski definition) is 2. The summed E-state index contributed by atoms with van der Waals surface area (Å²) >= 11 is 0. The Kier molecular flexibility index (Phi) is 6.88. The van der Waals surface area contributed by atoms with Crippen LogP contribution in [-0.4, -0.2) is 66.5 Å². The second-order valence-electron chi connectivity index (χ2n) is 7.86. The summed E-state index contributed by atoms with van der Waals surface area (Å²) in [6, 6.07) is 5.38. The number of carbonyl (C=O) groups excluding carboxylic acids is 1. The van der Waals surface area contributed by atoms with Gasteiger partial charge < -0.3 is 30.4 Å². The lowest BCUT2D eigenvalue weighted by molar-refractivity contribution is 0.201. The third kappa shape index (κ3) is 5.19. The number of piperazine rings is 1. The Bertz CT molecular complexity index is 937. The van der Waals surface area contributed by atoms with E-state index in [9.17, 15) is 4.79 Å². The second-order valence-corrected chi connectivity index (χ2v) is 7.86. The lowest BCUT2D eigenvalue weighted by atomic mass is 10.2. The van der Waals surface area contributed by atoms with Gasteiger partial charge in [-0.25, -0.2) is 14.8 Å². The molecule has 1 aliphatic carbocycles. The third-order valence-electron chi connectivity index (χ3n) is 5.77. The number of pyridine rings is 2. The first-order valence-corrected chi connectivity index (χ1v) is 10.9. The molecule has 2 aromatic rings. The van der Waals surface area contributed by atoms with Gasteiger partial charge in [0.15, 0.2) is 0 Å². The SMILES string of the molecule is CO/N=C\c1c(N2CCN(C(=O)Nc3ccc(OC4CCCC4)nc3)CC2)ccnc1N. The largest absolute Gasteiger partial charge is 0.474 e. The summed E-state index contributed by atoms with van der Waals surface area (Å²) in [7, 11) is 1.48. The van der Waals surface area contributed by atoms with Gasteiger partial charge in [0.2, 0.25) is 5.88 Å². The number of hydrogen-bond acceptors (Lipinski definition) is 8. The van der Waals surface area contributed by atoms with Gasteiger partial charge in [-0.15, -0.1) is 0 Å². The van der Waals surface area contributed by atoms with Gasteiger partial charge in [-0.05, 0) is 37.8 Å². The Hall–Kier alpha value is -3.56. The molecule has 0 aromatic carbocycles. The maximum atomic E-state index is 12.7. The van der Waals surface area contributed by atoms with Crippen LogP contribution in [0.3, 0.4) is 0 Å². The van der Waals surface area contributed by atoms with E-state index in [2.05, 4.69) is 25.3 Å². The molecule has 2 fully saturated rings. The summed E-state index contributed by atoms with van der Waals surface area (Å²) in [6.45, 7) is 2.48. The zero-order valence-corrected chi connectivity index (χ0v) is 18.2. The maximum Gasteiger partial charge on any atom is 0.322 e. The van der Waals surface area contributed by atoms with Crippen molar-refractivity contribution in [3.05, 3.63) is 36.2 Å². The smallest absolute Gasteiger partial charge is 0.322 e. The zero-order chi connectivity index (χ0) is 22.3. The highest BCUT2D eigenvalue weighted by Gasteiger charge is 2.23. The second kappa shape index (κ2) is 10.2. The molecule has 2 amide bonds. The Labute approximate surface area is 187 Å². The highest BCUT2D eigenvalue weighted by molar-refractivity contribution is 5.93. The normalized spacial score (nSPS) is 17.0. The molecule has 10 heteroatoms. The molecule has 0 radical (unpaired) electrons. The van der Waals surface area contributed by atoms with Gasteiger partial charge in [-0.2, -0.15) is 0 Å². The van der Waals surface area contributed by atoms with Crippen molar-refractivity contribution in [2.75, 3.05) is 49.2 Å². The van der Waals surface area contributed by atoms with Crippen molar-refractivity contribution < 1.29 is 14.4 Å². The fourth-order valence-electron chi connectivity index (χ4n) is 4.05. The van der Waals surface area contributed by atoms with Crippen molar-refractivity contribution in [1.82, 2.24) is 14.9 Å². The van der Waals surface area contributed by atoms with Crippen molar-refractivity contribution in [3.63, 3.8) is 0 Å². The van der Waals surface area contributed by atoms with Crippen LogP contribution in [0.5, 0.6) is 5.88 Å². The predicted octanol–water partition coefficient (Wildman–Crippen LogP) is 2.71. The summed E-state index contributed by atoms with van der Waals surface area (Å²) < 4.78 is 5.88. The number of ether oxygens (including phenoxy) is 1. The standard InChI is InChI=1S/C22H29N7O3/c1-31-26-15-18-19(8-9-24-21(18)23)28-10-12-29(13-11-28)22(30)27-16-6-7-20(25-14-16)32-17-4-2-3-5-17/h6-9,14-15,17H,2-5,10-13H2,1H3,(H2,23,24)(H,27,30)/b26-15-. The van der Waals surface area contributed by atoms with Crippen LogP contribution < -0.4 is 20.7 Å². The van der Waals surface area contributed by atoms with Gasteiger partial charge in [-0.3, -0.25) is 0 Å². The maximum absolute atomic E-state index is 12.7. The number of nitrogens with two attached hydrogens (primary N) is 1. The fourth-order valence-corrected chi connectivity index (χ4v) is 4.05. The molecule has 3 heterocycles. The van der Waals surface area contributed by atoms with Gasteiger partial charge >= 0.3 is 6.03 Å². The minimum absolute atomic E-state index is 0.147. The van der Waals surface area contributed by atoms with E-state index >= 15 is 0 Å². The Balaban J connectivity index is 1.31. The van der Waals surface area contributed by atoms with Gasteiger partial charge in [0.05, 0.1) is 29.3 Å². The van der Waals surface area contributed by atoms with E-state index in [4.69, 9.17) is 15.3 Å². The minimum atomic E-state index is -0.147. The van der Waals surface area contributed by atoms with Crippen LogP contribution in [-0.2, 0) is 4.84 Å². The molecule has 4 rings (SSSR count). The van der Waals surface area contributed by atoms with Gasteiger partial charge in [-0.1, -0.05) is 5.16 Å². The molecule has 1 saturated heterocycles. The number of nitrogens with one attached hydrogen (secondary N) is 1. The van der Waals surface area contributed by atoms with Crippen molar-refractivity contribution >= 4 is 29.4 Å². The van der Waals surface area contributed by atoms with Crippen molar-refractivity contribution in [2.45, 2.75) is 31.8 Å². The molecular formula is C22H29N7O3. The molecule has 0 bridgehead atoms. The van der Waals surface area contributed by atoms with Crippen LogP contribution in [0.2, 0.25) is 0 Å². The molecule has 0 atom stereocenters.